The lowest BCUT2D eigenvalue weighted by Gasteiger charge is -2.19. The minimum atomic E-state index is -5.65. The summed E-state index contributed by atoms with van der Waals surface area (Å²) in [6.45, 7) is 0. The third kappa shape index (κ3) is 17.1. The van der Waals surface area contributed by atoms with Gasteiger partial charge in [-0.25, -0.2) is 28.7 Å². The van der Waals surface area contributed by atoms with E-state index in [9.17, 15) is 134 Å². The number of aromatic carboxylic acids is 2. The van der Waals surface area contributed by atoms with Crippen LogP contribution < -0.4 is 31.2 Å². The topological polar surface area (TPSA) is 739 Å². The van der Waals surface area contributed by atoms with Crippen molar-refractivity contribution < 1.29 is 143 Å². The van der Waals surface area contributed by atoms with Gasteiger partial charge < -0.3 is 20.4 Å². The van der Waals surface area contributed by atoms with E-state index >= 15 is 0 Å². The Hall–Kier alpha value is -13.4. The van der Waals surface area contributed by atoms with Crippen LogP contribution in [0.2, 0.25) is 0 Å². The Kier molecular flexibility index (Phi) is 21.0. The molecular formula is C64H44N16O30S8+2. The number of H-pyrrole nitrogens is 2. The van der Waals surface area contributed by atoms with E-state index in [1.165, 1.54) is 61.0 Å². The van der Waals surface area contributed by atoms with E-state index < -0.39 is 256 Å². The third-order valence-electron chi connectivity index (χ3n) is 16.6. The van der Waals surface area contributed by atoms with Crippen molar-refractivity contribution in [3.8, 4) is 23.4 Å². The number of azo groups is 1. The number of phenolic OH excluding ortho intramolecular Hbond substituents is 2. The van der Waals surface area contributed by atoms with Crippen LogP contribution in [-0.2, 0) is 80.9 Å². The number of hydrogen-bond donors (Lipinski definition) is 16. The molecule has 0 amide bonds. The van der Waals surface area contributed by atoms with Gasteiger partial charge in [0.25, 0.3) is 92.2 Å². The number of carbonyl (C=O) groups is 2. The Morgan fingerprint density at radius 3 is 1.24 bits per heavy atom. The molecule has 54 heteroatoms. The molecule has 118 heavy (non-hydrogen) atoms. The maximum absolute atomic E-state index is 13.1. The predicted octanol–water partition coefficient (Wildman–Crippen LogP) is 5.16. The molecule has 13 rings (SSSR count). The molecule has 0 atom stereocenters. The second-order valence-electron chi connectivity index (χ2n) is 24.2. The summed E-state index contributed by atoms with van der Waals surface area (Å²) in [5.74, 6) is -7.55. The van der Waals surface area contributed by atoms with E-state index in [1.54, 1.807) is 0 Å². The van der Waals surface area contributed by atoms with Crippen LogP contribution in [-0.4, -0.2) is 177 Å². The molecule has 4 aromatic heterocycles. The number of aromatic nitrogens is 8. The summed E-state index contributed by atoms with van der Waals surface area (Å²) in [6, 6.07) is 17.4. The van der Waals surface area contributed by atoms with Gasteiger partial charge in [0, 0.05) is 21.5 Å². The second-order valence-corrected chi connectivity index (χ2v) is 35.3. The fraction of sp³-hybridized carbons (Fsp3) is 0. The number of aliphatic imine (C=N–C) groups is 2. The lowest BCUT2D eigenvalue weighted by molar-refractivity contribution is -0.604. The number of nitrogens with one attached hydrogen (secondary N) is 4. The third-order valence-corrected chi connectivity index (χ3v) is 23.7. The summed E-state index contributed by atoms with van der Waals surface area (Å²) in [4.78, 5) is 55.9. The highest BCUT2D eigenvalue weighted by molar-refractivity contribution is 7.88. The molecule has 8 aromatic carbocycles. The second kappa shape index (κ2) is 30.0. The molecule has 0 aliphatic heterocycles. The average molecular weight is 1770 g/mol. The Morgan fingerprint density at radius 1 is 0.390 bits per heavy atom. The number of rotatable bonds is 21. The molecule has 0 radical (unpaired) electrons. The van der Waals surface area contributed by atoms with Crippen molar-refractivity contribution >= 4 is 193 Å². The standard InChI is InChI=1S/C64H42N16O30S8/c81-53-49-31(23-47(115(99,100)101)51(53)77-75-41-17-15-37-39(55(41)117(105,106)107)7-1-9-45(37)113(93,94)95)21-35(111(87,88)89)25-43(49)67-61-69-59(71-63(73-61)79-19-3-5-29(27-79)57(83)84)65-33-11-13-34(14-12-33)66-60-70-62(74-64(72-60)80-20-4-6-30(28-80)58(85)86)68-44-26-36(112(90,91)92)22-32-24-48(116(102,103)104)52(54(82)50(32)44)78-76-42-18-16-38-40(56(42)118(108,109)110)8-2-10-46(38)114(96,97)98/h1-28H,(H14-2,65,66,67,68,69,70,71,72,73,74,75,76,77,78,81,82,83,84,85,86,87,88,89,90,91,92,93,94,95,96,97,98,99,100,101,102,103,104,105,106,107,108,109,110)/p+2. The minimum Gasteiger partial charge on any atom is -0.505 e. The van der Waals surface area contributed by atoms with E-state index in [0.29, 0.717) is 36.4 Å². The SMILES string of the molecule is O=C(O)c1ccc[n+](-c2nc(N=C3C=CC(=Nc4nc(-[n+]5cccc(C(=O)O)c5)[nH]c(=Nc5cc(S(=O)(=O)O)cc6cc(S(=O)(=O)O)c(NNc7ccc8c(S(=O)(=O)O)cccc8c7S(=O)(=O)O)c(O)c56)n4)C=C3)nc(=Nc3cc(S(=O)(=O)O)cc4cc(S(=O)(=O)O)c(N=Nc5ccc6c(S(=O)(=O)O)cccc6c5S(=O)(=O)O)c(O)c34)[nH]2)c1. The van der Waals surface area contributed by atoms with Gasteiger partial charge >= 0.3 is 35.7 Å². The fourth-order valence-electron chi connectivity index (χ4n) is 11.7. The number of nitrogens with zero attached hydrogens (tertiary/aromatic N) is 12. The summed E-state index contributed by atoms with van der Waals surface area (Å²) in [5, 5.41) is 46.8. The fourth-order valence-corrected chi connectivity index (χ4v) is 17.2. The molecule has 0 fully saturated rings. The van der Waals surface area contributed by atoms with Crippen LogP contribution >= 0.6 is 0 Å². The first-order chi connectivity index (χ1) is 55.0. The molecule has 12 aromatic rings. The van der Waals surface area contributed by atoms with Gasteiger partial charge in [-0.15, -0.1) is 20.2 Å². The number of hydrogen-bond acceptors (Lipinski definition) is 32. The Bertz CT molecular complexity index is 7840. The zero-order chi connectivity index (χ0) is 85.6. The van der Waals surface area contributed by atoms with E-state index in [4.69, 9.17) is 0 Å². The van der Waals surface area contributed by atoms with Crippen molar-refractivity contribution in [2.45, 2.75) is 39.2 Å². The number of fused-ring (bicyclic) bond motifs is 4. The largest absolute Gasteiger partial charge is 0.505 e. The van der Waals surface area contributed by atoms with Crippen LogP contribution in [0.1, 0.15) is 20.7 Å². The first-order valence-corrected chi connectivity index (χ1v) is 43.1. The van der Waals surface area contributed by atoms with E-state index in [2.05, 4.69) is 71.0 Å². The van der Waals surface area contributed by atoms with Crippen LogP contribution in [0.4, 0.5) is 46.0 Å². The summed E-state index contributed by atoms with van der Waals surface area (Å²) >= 11 is 0. The zero-order valence-corrected chi connectivity index (χ0v) is 64.0. The quantitative estimate of drug-likeness (QED) is 0.0110. The Balaban J connectivity index is 0.940. The van der Waals surface area contributed by atoms with Gasteiger partial charge in [0.15, 0.2) is 11.5 Å². The van der Waals surface area contributed by atoms with Gasteiger partial charge in [0.2, 0.25) is 0 Å². The van der Waals surface area contributed by atoms with Gasteiger partial charge in [-0.3, -0.25) is 47.3 Å². The van der Waals surface area contributed by atoms with Crippen molar-refractivity contribution in [3.05, 3.63) is 193 Å². The number of hydrazine groups is 1. The zero-order valence-electron chi connectivity index (χ0n) is 57.5. The minimum absolute atomic E-state index is 0.0854. The number of carboxylic acids is 2. The van der Waals surface area contributed by atoms with Gasteiger partial charge in [0.05, 0.1) is 85.0 Å². The molecule has 46 nitrogen and oxygen atoms in total. The molecule has 0 saturated heterocycles. The molecule has 0 bridgehead atoms. The first kappa shape index (κ1) is 82.5. The highest BCUT2D eigenvalue weighted by Crippen LogP contribution is 2.48. The summed E-state index contributed by atoms with van der Waals surface area (Å²) in [5.41, 5.74) is -3.31. The number of allylic oxidation sites excluding steroid dienone is 4. The van der Waals surface area contributed by atoms with Crippen molar-refractivity contribution in [1.29, 1.82) is 0 Å². The maximum atomic E-state index is 13.1. The van der Waals surface area contributed by atoms with Crippen molar-refractivity contribution in [2.75, 3.05) is 10.9 Å². The van der Waals surface area contributed by atoms with Crippen LogP contribution in [0.15, 0.2) is 240 Å². The van der Waals surface area contributed by atoms with Crippen molar-refractivity contribution in [1.82, 2.24) is 29.9 Å². The number of pyridine rings is 2. The lowest BCUT2D eigenvalue weighted by atomic mass is 10.1. The predicted molar refractivity (Wildman–Crippen MR) is 402 cm³/mol. The number of benzene rings is 8. The smallest absolute Gasteiger partial charge is 0.407 e. The molecule has 0 saturated carbocycles. The van der Waals surface area contributed by atoms with Crippen LogP contribution in [0.3, 0.4) is 0 Å². The molecule has 0 spiro atoms. The molecule has 0 unspecified atom stereocenters. The average Bonchev–Trinajstić information content (AvgIpc) is 0.751. The highest BCUT2D eigenvalue weighted by Gasteiger charge is 2.32. The van der Waals surface area contributed by atoms with Crippen LogP contribution in [0, 0.1) is 0 Å². The van der Waals surface area contributed by atoms with Crippen molar-refractivity contribution in [3.63, 3.8) is 0 Å². The molecule has 1 aliphatic rings. The molecular weight excluding hydrogens is 1730 g/mol. The maximum Gasteiger partial charge on any atom is 0.407 e. The summed E-state index contributed by atoms with van der Waals surface area (Å²) < 4.78 is 290. The number of carboxylic acid groups (broad SMARTS) is 2. The van der Waals surface area contributed by atoms with E-state index in [0.717, 1.165) is 82.2 Å². The van der Waals surface area contributed by atoms with Gasteiger partial charge in [-0.2, -0.15) is 87.3 Å². The van der Waals surface area contributed by atoms with Gasteiger partial charge in [-0.1, -0.05) is 36.4 Å². The Labute approximate surface area is 658 Å². The van der Waals surface area contributed by atoms with Crippen LogP contribution in [0.25, 0.3) is 55.0 Å². The molecule has 16 N–H and O–H groups in total. The number of phenols is 2. The highest BCUT2D eigenvalue weighted by atomic mass is 32.2. The van der Waals surface area contributed by atoms with Crippen molar-refractivity contribution in [2.24, 2.45) is 30.2 Å². The van der Waals surface area contributed by atoms with E-state index in [1.807, 2.05) is 0 Å². The first-order valence-electron chi connectivity index (χ1n) is 31.6. The summed E-state index contributed by atoms with van der Waals surface area (Å²) in [7, 11) is -43.0. The monoisotopic (exact) mass is 1770 g/mol. The Morgan fingerprint density at radius 2 is 0.814 bits per heavy atom. The van der Waals surface area contributed by atoms with Crippen LogP contribution in [0.5, 0.6) is 11.5 Å². The van der Waals surface area contributed by atoms with E-state index in [-0.39, 0.29) is 22.6 Å². The normalized spacial score (nSPS) is 13.6. The molecule has 606 valence electrons. The summed E-state index contributed by atoms with van der Waals surface area (Å²) in [6.07, 6.45) is 9.57. The number of anilines is 2. The van der Waals surface area contributed by atoms with Gasteiger partial charge in [0.1, 0.15) is 46.4 Å². The molecule has 4 heterocycles. The molecule has 1 aliphatic carbocycles. The van der Waals surface area contributed by atoms with Gasteiger partial charge in [-0.05, 0) is 130 Å². The number of aromatic hydroxyl groups is 2. The lowest BCUT2D eigenvalue weighted by Crippen LogP contribution is -2.36. The number of aromatic amines is 2.